The first-order valence-corrected chi connectivity index (χ1v) is 8.81. The van der Waals surface area contributed by atoms with E-state index in [1.807, 2.05) is 43.3 Å². The summed E-state index contributed by atoms with van der Waals surface area (Å²) in [4.78, 5) is 26.3. The molecule has 0 bridgehead atoms. The molecular formula is C20H22FN5O2. The quantitative estimate of drug-likeness (QED) is 0.793. The molecule has 0 radical (unpaired) electrons. The summed E-state index contributed by atoms with van der Waals surface area (Å²) in [6.45, 7) is 0.337. The molecule has 2 amide bonds. The van der Waals surface area contributed by atoms with Gasteiger partial charge in [0.15, 0.2) is 0 Å². The summed E-state index contributed by atoms with van der Waals surface area (Å²) in [6, 6.07) is 12.5. The molecule has 0 saturated carbocycles. The molecule has 28 heavy (non-hydrogen) atoms. The van der Waals surface area contributed by atoms with E-state index in [-0.39, 0.29) is 18.0 Å². The molecule has 1 aliphatic rings. The molecule has 0 aliphatic carbocycles. The summed E-state index contributed by atoms with van der Waals surface area (Å²) < 4.78 is 13.2. The third-order valence-corrected chi connectivity index (χ3v) is 4.50. The number of nitrogens with zero attached hydrogens (tertiary/aromatic N) is 3. The fraction of sp³-hybridized carbons (Fsp3) is 0.250. The van der Waals surface area contributed by atoms with E-state index in [2.05, 4.69) is 10.4 Å². The number of hydrogen-bond donors (Lipinski definition) is 2. The van der Waals surface area contributed by atoms with E-state index in [1.54, 1.807) is 0 Å². The van der Waals surface area contributed by atoms with Gasteiger partial charge in [0.05, 0.1) is 5.69 Å². The average molecular weight is 383 g/mol. The maximum atomic E-state index is 13.2. The van der Waals surface area contributed by atoms with Gasteiger partial charge in [0.2, 0.25) is 5.91 Å². The number of benzene rings is 2. The van der Waals surface area contributed by atoms with Crippen LogP contribution < -0.4 is 21.0 Å². The van der Waals surface area contributed by atoms with Crippen molar-refractivity contribution >= 4 is 28.9 Å². The maximum absolute atomic E-state index is 13.2. The third kappa shape index (κ3) is 4.28. The van der Waals surface area contributed by atoms with Crippen LogP contribution in [-0.2, 0) is 16.1 Å². The Morgan fingerprint density at radius 1 is 1.18 bits per heavy atom. The van der Waals surface area contributed by atoms with Crippen molar-refractivity contribution in [2.75, 3.05) is 24.0 Å². The van der Waals surface area contributed by atoms with E-state index in [0.717, 1.165) is 11.3 Å². The first kappa shape index (κ1) is 19.3. The predicted molar refractivity (Wildman–Crippen MR) is 107 cm³/mol. The Bertz CT molecular complexity index is 894. The highest BCUT2D eigenvalue weighted by atomic mass is 19.1. The van der Waals surface area contributed by atoms with E-state index < -0.39 is 17.8 Å². The summed E-state index contributed by atoms with van der Waals surface area (Å²) in [7, 11) is 3.91. The fourth-order valence-corrected chi connectivity index (χ4v) is 2.90. The standard InChI is InChI=1S/C20H22FN5O2/c1-25(2)15-7-3-13(4-8-15)12-23-20(28)17-11-18(19(22)27)26(24-17)16-9-5-14(21)6-10-16/h3-10,18H,11-12H2,1-2H3,(H2,22,27)(H,23,28). The van der Waals surface area contributed by atoms with Crippen LogP contribution in [0.5, 0.6) is 0 Å². The number of carbonyl (C=O) groups excluding carboxylic acids is 2. The van der Waals surface area contributed by atoms with Crippen LogP contribution in [0.15, 0.2) is 53.6 Å². The second kappa shape index (κ2) is 8.08. The molecule has 3 N–H and O–H groups in total. The Morgan fingerprint density at radius 2 is 1.82 bits per heavy atom. The van der Waals surface area contributed by atoms with E-state index in [1.165, 1.54) is 29.3 Å². The van der Waals surface area contributed by atoms with Crippen LogP contribution in [0.3, 0.4) is 0 Å². The van der Waals surface area contributed by atoms with Gasteiger partial charge in [-0.25, -0.2) is 4.39 Å². The van der Waals surface area contributed by atoms with Gasteiger partial charge in [0.1, 0.15) is 17.6 Å². The van der Waals surface area contributed by atoms with Crippen LogP contribution in [0.25, 0.3) is 0 Å². The number of hydrazone groups is 1. The lowest BCUT2D eigenvalue weighted by Crippen LogP contribution is -2.39. The van der Waals surface area contributed by atoms with Gasteiger partial charge in [-0.3, -0.25) is 14.6 Å². The highest BCUT2D eigenvalue weighted by molar-refractivity contribution is 6.40. The van der Waals surface area contributed by atoms with E-state index >= 15 is 0 Å². The Kier molecular flexibility index (Phi) is 5.58. The molecule has 0 fully saturated rings. The molecule has 0 aromatic heterocycles. The van der Waals surface area contributed by atoms with Gasteiger partial charge in [-0.15, -0.1) is 0 Å². The lowest BCUT2D eigenvalue weighted by molar-refractivity contribution is -0.119. The normalized spacial score (nSPS) is 15.9. The van der Waals surface area contributed by atoms with E-state index in [4.69, 9.17) is 5.73 Å². The zero-order chi connectivity index (χ0) is 20.3. The Balaban J connectivity index is 1.69. The van der Waals surface area contributed by atoms with Crippen molar-refractivity contribution in [3.8, 4) is 0 Å². The summed E-state index contributed by atoms with van der Waals surface area (Å²) in [5.41, 5.74) is 8.17. The van der Waals surface area contributed by atoms with E-state index in [9.17, 15) is 14.0 Å². The molecule has 2 aromatic rings. The van der Waals surface area contributed by atoms with Gasteiger partial charge >= 0.3 is 0 Å². The predicted octanol–water partition coefficient (Wildman–Crippen LogP) is 1.63. The Morgan fingerprint density at radius 3 is 2.39 bits per heavy atom. The summed E-state index contributed by atoms with van der Waals surface area (Å²) >= 11 is 0. The minimum absolute atomic E-state index is 0.0953. The van der Waals surface area contributed by atoms with Gasteiger partial charge in [-0.05, 0) is 42.0 Å². The van der Waals surface area contributed by atoms with Crippen molar-refractivity contribution in [3.63, 3.8) is 0 Å². The molecule has 8 heteroatoms. The molecule has 0 spiro atoms. The molecule has 146 valence electrons. The van der Waals surface area contributed by atoms with Crippen molar-refractivity contribution < 1.29 is 14.0 Å². The molecule has 1 aliphatic heterocycles. The zero-order valence-corrected chi connectivity index (χ0v) is 15.7. The van der Waals surface area contributed by atoms with Crippen LogP contribution >= 0.6 is 0 Å². The monoisotopic (exact) mass is 383 g/mol. The van der Waals surface area contributed by atoms with Gasteiger partial charge in [0.25, 0.3) is 5.91 Å². The largest absolute Gasteiger partial charge is 0.378 e. The van der Waals surface area contributed by atoms with Crippen molar-refractivity contribution in [2.45, 2.75) is 19.0 Å². The zero-order valence-electron chi connectivity index (χ0n) is 15.7. The molecule has 1 atom stereocenters. The van der Waals surface area contributed by atoms with Crippen LogP contribution in [0.4, 0.5) is 15.8 Å². The average Bonchev–Trinajstić information content (AvgIpc) is 3.13. The number of halogens is 1. The molecule has 1 unspecified atom stereocenters. The van der Waals surface area contributed by atoms with Gasteiger partial charge < -0.3 is 16.0 Å². The first-order valence-electron chi connectivity index (χ1n) is 8.81. The first-order chi connectivity index (χ1) is 13.3. The van der Waals surface area contributed by atoms with Crippen molar-refractivity contribution in [1.29, 1.82) is 0 Å². The van der Waals surface area contributed by atoms with Gasteiger partial charge in [-0.2, -0.15) is 5.10 Å². The van der Waals surface area contributed by atoms with E-state index in [0.29, 0.717) is 12.2 Å². The highest BCUT2D eigenvalue weighted by Gasteiger charge is 2.34. The van der Waals surface area contributed by atoms with Crippen LogP contribution in [0.2, 0.25) is 0 Å². The Labute approximate surface area is 162 Å². The maximum Gasteiger partial charge on any atom is 0.267 e. The molecule has 3 rings (SSSR count). The molecule has 1 heterocycles. The number of amides is 2. The number of rotatable bonds is 6. The van der Waals surface area contributed by atoms with Gasteiger partial charge in [-0.1, -0.05) is 12.1 Å². The number of hydrogen-bond acceptors (Lipinski definition) is 5. The SMILES string of the molecule is CN(C)c1ccc(CNC(=O)C2=NN(c3ccc(F)cc3)C(C(N)=O)C2)cc1. The van der Waals surface area contributed by atoms with Crippen LogP contribution in [0.1, 0.15) is 12.0 Å². The number of primary amides is 1. The minimum Gasteiger partial charge on any atom is -0.378 e. The number of anilines is 2. The second-order valence-corrected chi connectivity index (χ2v) is 6.73. The third-order valence-electron chi connectivity index (χ3n) is 4.50. The molecular weight excluding hydrogens is 361 g/mol. The van der Waals surface area contributed by atoms with Gasteiger partial charge in [0, 0.05) is 32.7 Å². The minimum atomic E-state index is -0.786. The topological polar surface area (TPSA) is 91.0 Å². The van der Waals surface area contributed by atoms with Crippen molar-refractivity contribution in [3.05, 3.63) is 59.9 Å². The summed E-state index contributed by atoms with van der Waals surface area (Å²) in [6.07, 6.45) is 0.0953. The molecule has 7 nitrogen and oxygen atoms in total. The van der Waals surface area contributed by atoms with Crippen molar-refractivity contribution in [1.82, 2.24) is 5.32 Å². The summed E-state index contributed by atoms with van der Waals surface area (Å²) in [5.74, 6) is -1.37. The highest BCUT2D eigenvalue weighted by Crippen LogP contribution is 2.25. The smallest absolute Gasteiger partial charge is 0.267 e. The fourth-order valence-electron chi connectivity index (χ4n) is 2.90. The van der Waals surface area contributed by atoms with Crippen LogP contribution in [0, 0.1) is 5.82 Å². The Hall–Kier alpha value is -3.42. The molecule has 2 aromatic carbocycles. The summed E-state index contributed by atoms with van der Waals surface area (Å²) in [5, 5.41) is 8.42. The second-order valence-electron chi connectivity index (χ2n) is 6.73. The van der Waals surface area contributed by atoms with Crippen LogP contribution in [-0.4, -0.2) is 37.7 Å². The number of nitrogens with two attached hydrogens (primary N) is 1. The number of carbonyl (C=O) groups is 2. The van der Waals surface area contributed by atoms with Crippen molar-refractivity contribution in [2.24, 2.45) is 10.8 Å². The number of nitrogens with one attached hydrogen (secondary N) is 1. The molecule has 0 saturated heterocycles. The lowest BCUT2D eigenvalue weighted by atomic mass is 10.1. The lowest BCUT2D eigenvalue weighted by Gasteiger charge is -2.20.